The number of rotatable bonds is 5. The standard InChI is InChI=1S/C13H16F2N2O2/c1-8(2)12(18)16-5-6-17-13(19)10-4-3-9(14)7-11(10)15/h3-4,7-8H,5-6H2,1-2H3,(H,16,18)(H,17,19). The van der Waals surface area contributed by atoms with Crippen molar-refractivity contribution in [2.75, 3.05) is 13.1 Å². The minimum Gasteiger partial charge on any atom is -0.354 e. The predicted octanol–water partition coefficient (Wildman–Crippen LogP) is 1.47. The molecule has 0 aliphatic heterocycles. The van der Waals surface area contributed by atoms with Crippen molar-refractivity contribution in [1.29, 1.82) is 0 Å². The Kier molecular flexibility index (Phi) is 5.41. The van der Waals surface area contributed by atoms with E-state index in [2.05, 4.69) is 10.6 Å². The molecule has 0 heterocycles. The Hall–Kier alpha value is -1.98. The number of amides is 2. The highest BCUT2D eigenvalue weighted by atomic mass is 19.1. The lowest BCUT2D eigenvalue weighted by molar-refractivity contribution is -0.123. The number of hydrogen-bond donors (Lipinski definition) is 2. The zero-order valence-electron chi connectivity index (χ0n) is 10.8. The van der Waals surface area contributed by atoms with Crippen molar-refractivity contribution in [3.05, 3.63) is 35.4 Å². The van der Waals surface area contributed by atoms with Gasteiger partial charge in [0.25, 0.3) is 5.91 Å². The summed E-state index contributed by atoms with van der Waals surface area (Å²) < 4.78 is 25.9. The molecule has 0 radical (unpaired) electrons. The highest BCUT2D eigenvalue weighted by molar-refractivity contribution is 5.94. The van der Waals surface area contributed by atoms with Crippen LogP contribution in [-0.4, -0.2) is 24.9 Å². The molecule has 0 aliphatic carbocycles. The van der Waals surface area contributed by atoms with E-state index in [1.165, 1.54) is 0 Å². The largest absolute Gasteiger partial charge is 0.354 e. The molecule has 0 saturated heterocycles. The van der Waals surface area contributed by atoms with Gasteiger partial charge in [-0.2, -0.15) is 0 Å². The van der Waals surface area contributed by atoms with Crippen LogP contribution in [0.15, 0.2) is 18.2 Å². The minimum atomic E-state index is -0.913. The van der Waals surface area contributed by atoms with Crippen LogP contribution in [0.2, 0.25) is 0 Å². The van der Waals surface area contributed by atoms with E-state index in [-0.39, 0.29) is 30.5 Å². The highest BCUT2D eigenvalue weighted by Crippen LogP contribution is 2.08. The molecule has 0 aliphatic rings. The third-order valence-electron chi connectivity index (χ3n) is 2.41. The number of carbonyl (C=O) groups is 2. The Morgan fingerprint density at radius 1 is 1.16 bits per heavy atom. The van der Waals surface area contributed by atoms with E-state index in [1.807, 2.05) is 0 Å². The second-order valence-electron chi connectivity index (χ2n) is 4.33. The topological polar surface area (TPSA) is 58.2 Å². The molecule has 0 unspecified atom stereocenters. The molecular weight excluding hydrogens is 254 g/mol. The maximum atomic E-state index is 13.3. The van der Waals surface area contributed by atoms with Crippen molar-refractivity contribution in [3.63, 3.8) is 0 Å². The van der Waals surface area contributed by atoms with Gasteiger partial charge in [-0.15, -0.1) is 0 Å². The fraction of sp³-hybridized carbons (Fsp3) is 0.385. The monoisotopic (exact) mass is 270 g/mol. The first-order valence-electron chi connectivity index (χ1n) is 5.92. The van der Waals surface area contributed by atoms with Crippen molar-refractivity contribution < 1.29 is 18.4 Å². The molecule has 6 heteroatoms. The smallest absolute Gasteiger partial charge is 0.254 e. The van der Waals surface area contributed by atoms with Crippen LogP contribution >= 0.6 is 0 Å². The second kappa shape index (κ2) is 6.82. The summed E-state index contributed by atoms with van der Waals surface area (Å²) in [5, 5.41) is 5.04. The summed E-state index contributed by atoms with van der Waals surface area (Å²) in [6.07, 6.45) is 0. The lowest BCUT2D eigenvalue weighted by atomic mass is 10.2. The Bertz CT molecular complexity index is 476. The minimum absolute atomic E-state index is 0.123. The lowest BCUT2D eigenvalue weighted by Gasteiger charge is -2.09. The third kappa shape index (κ3) is 4.65. The molecule has 0 fully saturated rings. The molecule has 0 saturated carbocycles. The molecular formula is C13H16F2N2O2. The molecule has 0 aromatic heterocycles. The summed E-state index contributed by atoms with van der Waals surface area (Å²) in [5.74, 6) is -2.55. The van der Waals surface area contributed by atoms with Gasteiger partial charge < -0.3 is 10.6 Å². The van der Waals surface area contributed by atoms with Gasteiger partial charge in [0.05, 0.1) is 5.56 Å². The number of hydrogen-bond acceptors (Lipinski definition) is 2. The van der Waals surface area contributed by atoms with Crippen molar-refractivity contribution in [3.8, 4) is 0 Å². The Labute approximate surface area is 110 Å². The normalized spacial score (nSPS) is 10.4. The van der Waals surface area contributed by atoms with Gasteiger partial charge in [0.1, 0.15) is 11.6 Å². The number of halogens is 2. The first-order chi connectivity index (χ1) is 8.91. The SMILES string of the molecule is CC(C)C(=O)NCCNC(=O)c1ccc(F)cc1F. The Morgan fingerprint density at radius 2 is 1.79 bits per heavy atom. The van der Waals surface area contributed by atoms with Crippen molar-refractivity contribution >= 4 is 11.8 Å². The number of nitrogens with one attached hydrogen (secondary N) is 2. The molecule has 19 heavy (non-hydrogen) atoms. The Balaban J connectivity index is 2.41. The van der Waals surface area contributed by atoms with Crippen LogP contribution in [0.1, 0.15) is 24.2 Å². The average molecular weight is 270 g/mol. The molecule has 2 N–H and O–H groups in total. The van der Waals surface area contributed by atoms with E-state index >= 15 is 0 Å². The van der Waals surface area contributed by atoms with Gasteiger partial charge in [-0.25, -0.2) is 8.78 Å². The molecule has 104 valence electrons. The first-order valence-corrected chi connectivity index (χ1v) is 5.92. The van der Waals surface area contributed by atoms with Crippen molar-refractivity contribution in [2.45, 2.75) is 13.8 Å². The van der Waals surface area contributed by atoms with E-state index in [1.54, 1.807) is 13.8 Å². The van der Waals surface area contributed by atoms with Crippen LogP contribution in [0.4, 0.5) is 8.78 Å². The molecule has 1 aromatic rings. The van der Waals surface area contributed by atoms with E-state index < -0.39 is 17.5 Å². The van der Waals surface area contributed by atoms with Crippen molar-refractivity contribution in [1.82, 2.24) is 10.6 Å². The van der Waals surface area contributed by atoms with Crippen LogP contribution in [0.3, 0.4) is 0 Å². The maximum absolute atomic E-state index is 13.3. The fourth-order valence-corrected chi connectivity index (χ4v) is 1.33. The number of carbonyl (C=O) groups excluding carboxylic acids is 2. The van der Waals surface area contributed by atoms with Gasteiger partial charge >= 0.3 is 0 Å². The average Bonchev–Trinajstić information content (AvgIpc) is 2.33. The van der Waals surface area contributed by atoms with Gasteiger partial charge in [-0.05, 0) is 12.1 Å². The first kappa shape index (κ1) is 15.1. The zero-order valence-corrected chi connectivity index (χ0v) is 10.8. The van der Waals surface area contributed by atoms with Gasteiger partial charge in [-0.3, -0.25) is 9.59 Å². The summed E-state index contributed by atoms with van der Waals surface area (Å²) in [5.41, 5.74) is -0.225. The lowest BCUT2D eigenvalue weighted by Crippen LogP contribution is -2.36. The van der Waals surface area contributed by atoms with Crippen LogP contribution in [0.25, 0.3) is 0 Å². The van der Waals surface area contributed by atoms with E-state index in [0.29, 0.717) is 6.07 Å². The molecule has 1 aromatic carbocycles. The van der Waals surface area contributed by atoms with Gasteiger partial charge in [0.2, 0.25) is 5.91 Å². The Morgan fingerprint density at radius 3 is 2.37 bits per heavy atom. The summed E-state index contributed by atoms with van der Waals surface area (Å²) in [7, 11) is 0. The van der Waals surface area contributed by atoms with Gasteiger partial charge in [0.15, 0.2) is 0 Å². The van der Waals surface area contributed by atoms with E-state index in [0.717, 1.165) is 12.1 Å². The molecule has 0 spiro atoms. The highest BCUT2D eigenvalue weighted by Gasteiger charge is 2.12. The predicted molar refractivity (Wildman–Crippen MR) is 66.5 cm³/mol. The van der Waals surface area contributed by atoms with Crippen LogP contribution in [0, 0.1) is 17.6 Å². The van der Waals surface area contributed by atoms with Gasteiger partial charge in [0, 0.05) is 25.1 Å². The number of benzene rings is 1. The molecule has 4 nitrogen and oxygen atoms in total. The summed E-state index contributed by atoms with van der Waals surface area (Å²) >= 11 is 0. The van der Waals surface area contributed by atoms with Crippen LogP contribution in [-0.2, 0) is 4.79 Å². The fourth-order valence-electron chi connectivity index (χ4n) is 1.33. The summed E-state index contributed by atoms with van der Waals surface area (Å²) in [6.45, 7) is 3.93. The molecule has 0 bridgehead atoms. The summed E-state index contributed by atoms with van der Waals surface area (Å²) in [6, 6.07) is 2.74. The molecule has 0 atom stereocenters. The maximum Gasteiger partial charge on any atom is 0.254 e. The second-order valence-corrected chi connectivity index (χ2v) is 4.33. The summed E-state index contributed by atoms with van der Waals surface area (Å²) in [4.78, 5) is 22.8. The van der Waals surface area contributed by atoms with E-state index in [4.69, 9.17) is 0 Å². The van der Waals surface area contributed by atoms with E-state index in [9.17, 15) is 18.4 Å². The zero-order chi connectivity index (χ0) is 14.4. The van der Waals surface area contributed by atoms with Crippen LogP contribution < -0.4 is 10.6 Å². The molecule has 1 rings (SSSR count). The van der Waals surface area contributed by atoms with Crippen molar-refractivity contribution in [2.24, 2.45) is 5.92 Å². The third-order valence-corrected chi connectivity index (χ3v) is 2.41. The van der Waals surface area contributed by atoms with Crippen LogP contribution in [0.5, 0.6) is 0 Å². The quantitative estimate of drug-likeness (QED) is 0.796. The molecule has 2 amide bonds. The van der Waals surface area contributed by atoms with Gasteiger partial charge in [-0.1, -0.05) is 13.8 Å².